The average Bonchev–Trinajstić information content (AvgIpc) is 2.71. The molecule has 0 radical (unpaired) electrons. The maximum absolute atomic E-state index is 4.43. The summed E-state index contributed by atoms with van der Waals surface area (Å²) < 4.78 is 0. The van der Waals surface area contributed by atoms with Gasteiger partial charge in [0.25, 0.3) is 0 Å². The molecule has 0 amide bonds. The highest BCUT2D eigenvalue weighted by atomic mass is 15.3. The maximum Gasteiger partial charge on any atom is 0.151 e. The third kappa shape index (κ3) is 4.95. The van der Waals surface area contributed by atoms with Gasteiger partial charge in [-0.25, -0.2) is 0 Å². The van der Waals surface area contributed by atoms with Gasteiger partial charge < -0.3 is 10.2 Å². The first-order valence-corrected chi connectivity index (χ1v) is 8.37. The molecule has 2 heterocycles. The van der Waals surface area contributed by atoms with E-state index >= 15 is 0 Å². The second kappa shape index (κ2) is 7.74. The van der Waals surface area contributed by atoms with E-state index in [0.717, 1.165) is 43.0 Å². The quantitative estimate of drug-likeness (QED) is 0.904. The largest absolute Gasteiger partial charge is 0.355 e. The summed E-state index contributed by atoms with van der Waals surface area (Å²) in [6.45, 7) is 12.0. The summed E-state index contributed by atoms with van der Waals surface area (Å²) in [6, 6.07) is 4.70. The minimum absolute atomic E-state index is 0.477. The fraction of sp³-hybridized carbons (Fsp3) is 0.765. The van der Waals surface area contributed by atoms with Crippen LogP contribution in [0.2, 0.25) is 0 Å². The van der Waals surface area contributed by atoms with Crippen LogP contribution in [0.4, 0.5) is 5.82 Å². The Morgan fingerprint density at radius 2 is 1.95 bits per heavy atom. The van der Waals surface area contributed by atoms with Crippen molar-refractivity contribution < 1.29 is 0 Å². The van der Waals surface area contributed by atoms with Crippen LogP contribution >= 0.6 is 0 Å². The number of nitrogens with zero attached hydrogens (tertiary/aromatic N) is 3. The van der Waals surface area contributed by atoms with E-state index in [1.165, 1.54) is 19.3 Å². The third-order valence-corrected chi connectivity index (χ3v) is 4.44. The summed E-state index contributed by atoms with van der Waals surface area (Å²) in [7, 11) is 0. The van der Waals surface area contributed by atoms with E-state index in [4.69, 9.17) is 0 Å². The predicted octanol–water partition coefficient (Wildman–Crippen LogP) is 3.24. The van der Waals surface area contributed by atoms with Gasteiger partial charge in [0.1, 0.15) is 0 Å². The van der Waals surface area contributed by atoms with Crippen LogP contribution in [0.5, 0.6) is 0 Å². The van der Waals surface area contributed by atoms with Crippen molar-refractivity contribution in [1.29, 1.82) is 0 Å². The van der Waals surface area contributed by atoms with Gasteiger partial charge in [0.05, 0.1) is 5.69 Å². The Hall–Kier alpha value is -1.16. The Bertz CT molecular complexity index is 413. The van der Waals surface area contributed by atoms with Crippen molar-refractivity contribution in [3.8, 4) is 0 Å². The standard InChI is InChI=1S/C17H30N4/c1-13(2)15-6-5-10-21(11-9-15)17-8-7-16(19-20-17)12-18-14(3)4/h7-8,13-15,18H,5-6,9-12H2,1-4H3. The zero-order chi connectivity index (χ0) is 15.2. The topological polar surface area (TPSA) is 41.0 Å². The van der Waals surface area contributed by atoms with Crippen LogP contribution in [0.15, 0.2) is 12.1 Å². The van der Waals surface area contributed by atoms with Crippen molar-refractivity contribution in [2.24, 2.45) is 11.8 Å². The van der Waals surface area contributed by atoms with Crippen molar-refractivity contribution in [3.63, 3.8) is 0 Å². The lowest BCUT2D eigenvalue weighted by molar-refractivity contribution is 0.351. The highest BCUT2D eigenvalue weighted by Gasteiger charge is 2.20. The van der Waals surface area contributed by atoms with Crippen LogP contribution < -0.4 is 10.2 Å². The van der Waals surface area contributed by atoms with Crippen LogP contribution in [0.3, 0.4) is 0 Å². The summed E-state index contributed by atoms with van der Waals surface area (Å²) in [6.07, 6.45) is 3.88. The molecule has 21 heavy (non-hydrogen) atoms. The number of anilines is 1. The van der Waals surface area contributed by atoms with E-state index in [-0.39, 0.29) is 0 Å². The Kier molecular flexibility index (Phi) is 5.97. The summed E-state index contributed by atoms with van der Waals surface area (Å²) in [4.78, 5) is 2.40. The zero-order valence-corrected chi connectivity index (χ0v) is 14.0. The molecule has 4 nitrogen and oxygen atoms in total. The van der Waals surface area contributed by atoms with E-state index in [2.05, 4.69) is 60.2 Å². The molecule has 0 saturated carbocycles. The van der Waals surface area contributed by atoms with Crippen molar-refractivity contribution >= 4 is 5.82 Å². The monoisotopic (exact) mass is 290 g/mol. The van der Waals surface area contributed by atoms with Crippen LogP contribution in [0.1, 0.15) is 52.7 Å². The van der Waals surface area contributed by atoms with Gasteiger partial charge >= 0.3 is 0 Å². The summed E-state index contributed by atoms with van der Waals surface area (Å²) in [5.74, 6) is 2.69. The third-order valence-electron chi connectivity index (χ3n) is 4.44. The van der Waals surface area contributed by atoms with Crippen molar-refractivity contribution in [1.82, 2.24) is 15.5 Å². The SMILES string of the molecule is CC(C)NCc1ccc(N2CCCC(C(C)C)CC2)nn1. The second-order valence-electron chi connectivity index (χ2n) is 6.84. The molecule has 0 aliphatic carbocycles. The van der Waals surface area contributed by atoms with Crippen LogP contribution in [0.25, 0.3) is 0 Å². The summed E-state index contributed by atoms with van der Waals surface area (Å²) >= 11 is 0. The van der Waals surface area contributed by atoms with Gasteiger partial charge in [0.15, 0.2) is 5.82 Å². The maximum atomic E-state index is 4.43. The molecule has 0 spiro atoms. The van der Waals surface area contributed by atoms with Crippen molar-refractivity contribution in [2.75, 3.05) is 18.0 Å². The highest BCUT2D eigenvalue weighted by molar-refractivity contribution is 5.37. The lowest BCUT2D eigenvalue weighted by Crippen LogP contribution is -2.26. The molecule has 2 rings (SSSR count). The fourth-order valence-corrected chi connectivity index (χ4v) is 2.94. The van der Waals surface area contributed by atoms with Crippen LogP contribution in [-0.2, 0) is 6.54 Å². The summed E-state index contributed by atoms with van der Waals surface area (Å²) in [5, 5.41) is 12.2. The Labute approximate surface area is 129 Å². The average molecular weight is 290 g/mol. The van der Waals surface area contributed by atoms with E-state index in [9.17, 15) is 0 Å². The van der Waals surface area contributed by atoms with Gasteiger partial charge in [0, 0.05) is 25.7 Å². The molecular weight excluding hydrogens is 260 g/mol. The molecule has 1 unspecified atom stereocenters. The molecule has 1 aliphatic rings. The van der Waals surface area contributed by atoms with E-state index in [1.807, 2.05) is 0 Å². The lowest BCUT2D eigenvalue weighted by Gasteiger charge is -2.22. The molecule has 0 bridgehead atoms. The minimum atomic E-state index is 0.477. The Balaban J connectivity index is 1.92. The van der Waals surface area contributed by atoms with Crippen LogP contribution in [-0.4, -0.2) is 29.3 Å². The second-order valence-corrected chi connectivity index (χ2v) is 6.84. The normalized spacial score (nSPS) is 20.1. The smallest absolute Gasteiger partial charge is 0.151 e. The molecule has 1 atom stereocenters. The van der Waals surface area contributed by atoms with Crippen molar-refractivity contribution in [2.45, 2.75) is 59.5 Å². The fourth-order valence-electron chi connectivity index (χ4n) is 2.94. The number of hydrogen-bond acceptors (Lipinski definition) is 4. The number of rotatable bonds is 5. The summed E-state index contributed by atoms with van der Waals surface area (Å²) in [5.41, 5.74) is 1.02. The molecule has 1 N–H and O–H groups in total. The first-order chi connectivity index (χ1) is 10.1. The molecule has 0 aromatic carbocycles. The van der Waals surface area contributed by atoms with Crippen LogP contribution in [0, 0.1) is 11.8 Å². The molecule has 4 heteroatoms. The number of nitrogens with one attached hydrogen (secondary N) is 1. The Morgan fingerprint density at radius 3 is 2.57 bits per heavy atom. The van der Waals surface area contributed by atoms with Gasteiger partial charge in [-0.15, -0.1) is 5.10 Å². The molecule has 1 aromatic heterocycles. The van der Waals surface area contributed by atoms with Crippen molar-refractivity contribution in [3.05, 3.63) is 17.8 Å². The highest BCUT2D eigenvalue weighted by Crippen LogP contribution is 2.26. The molecule has 1 saturated heterocycles. The van der Waals surface area contributed by atoms with Gasteiger partial charge in [-0.1, -0.05) is 27.7 Å². The predicted molar refractivity (Wildman–Crippen MR) is 88.4 cm³/mol. The first-order valence-electron chi connectivity index (χ1n) is 8.37. The Morgan fingerprint density at radius 1 is 1.14 bits per heavy atom. The molecule has 1 aliphatic heterocycles. The van der Waals surface area contributed by atoms with E-state index in [0.29, 0.717) is 6.04 Å². The number of aromatic nitrogens is 2. The van der Waals surface area contributed by atoms with Gasteiger partial charge in [-0.2, -0.15) is 5.10 Å². The number of hydrogen-bond donors (Lipinski definition) is 1. The zero-order valence-electron chi connectivity index (χ0n) is 14.0. The van der Waals surface area contributed by atoms with E-state index in [1.54, 1.807) is 0 Å². The lowest BCUT2D eigenvalue weighted by atomic mass is 9.89. The van der Waals surface area contributed by atoms with Gasteiger partial charge in [-0.05, 0) is 43.2 Å². The van der Waals surface area contributed by atoms with E-state index < -0.39 is 0 Å². The first kappa shape index (κ1) is 16.2. The molecule has 1 aromatic rings. The minimum Gasteiger partial charge on any atom is -0.355 e. The molecule has 1 fully saturated rings. The molecular formula is C17H30N4. The van der Waals surface area contributed by atoms with Gasteiger partial charge in [0.2, 0.25) is 0 Å². The molecule has 118 valence electrons. The van der Waals surface area contributed by atoms with Gasteiger partial charge in [-0.3, -0.25) is 0 Å².